The lowest BCUT2D eigenvalue weighted by Crippen LogP contribution is -2.12. The predicted molar refractivity (Wildman–Crippen MR) is 61.1 cm³/mol. The molecule has 0 amide bonds. The highest BCUT2D eigenvalue weighted by Gasteiger charge is 2.13. The van der Waals surface area contributed by atoms with Crippen molar-refractivity contribution in [2.45, 2.75) is 32.6 Å². The summed E-state index contributed by atoms with van der Waals surface area (Å²) in [7, 11) is 0. The molecule has 14 heavy (non-hydrogen) atoms. The molecule has 0 heterocycles. The van der Waals surface area contributed by atoms with Gasteiger partial charge < -0.3 is 0 Å². The molecule has 0 bridgehead atoms. The van der Waals surface area contributed by atoms with Crippen LogP contribution in [0.25, 0.3) is 0 Å². The van der Waals surface area contributed by atoms with Crippen LogP contribution in [-0.4, -0.2) is 12.3 Å². The standard InChI is InChI=1S/C13H17N/c1-2-10-14-13-9-5-7-11-6-3-4-8-12(11)13/h3-4,6,8H,2,5,7,9-10H2,1H3. The van der Waals surface area contributed by atoms with Crippen LogP contribution in [0.1, 0.15) is 37.3 Å². The molecule has 1 aromatic carbocycles. The Morgan fingerprint density at radius 3 is 2.93 bits per heavy atom. The first-order chi connectivity index (χ1) is 6.92. The van der Waals surface area contributed by atoms with Crippen molar-refractivity contribution < 1.29 is 0 Å². The Kier molecular flexibility index (Phi) is 2.97. The zero-order valence-corrected chi connectivity index (χ0v) is 8.79. The molecule has 1 aliphatic rings. The van der Waals surface area contributed by atoms with Crippen molar-refractivity contribution in [2.75, 3.05) is 6.54 Å². The van der Waals surface area contributed by atoms with Crippen LogP contribution in [-0.2, 0) is 6.42 Å². The Bertz CT molecular complexity index is 339. The van der Waals surface area contributed by atoms with E-state index in [0.29, 0.717) is 0 Å². The average molecular weight is 187 g/mol. The lowest BCUT2D eigenvalue weighted by molar-refractivity contribution is 0.826. The van der Waals surface area contributed by atoms with Crippen LogP contribution in [0.4, 0.5) is 0 Å². The number of hydrogen-bond acceptors (Lipinski definition) is 1. The number of fused-ring (bicyclic) bond motifs is 1. The third-order valence-electron chi connectivity index (χ3n) is 2.71. The first kappa shape index (κ1) is 9.45. The van der Waals surface area contributed by atoms with Gasteiger partial charge in [-0.25, -0.2) is 0 Å². The molecule has 0 N–H and O–H groups in total. The summed E-state index contributed by atoms with van der Waals surface area (Å²) < 4.78 is 0. The first-order valence-corrected chi connectivity index (χ1v) is 5.53. The molecule has 0 saturated carbocycles. The number of hydrogen-bond donors (Lipinski definition) is 0. The Morgan fingerprint density at radius 1 is 1.21 bits per heavy atom. The van der Waals surface area contributed by atoms with Gasteiger partial charge in [-0.3, -0.25) is 4.99 Å². The molecule has 0 radical (unpaired) electrons. The summed E-state index contributed by atoms with van der Waals surface area (Å²) in [5.74, 6) is 0. The molecule has 0 spiro atoms. The zero-order chi connectivity index (χ0) is 9.80. The Hall–Kier alpha value is -1.11. The van der Waals surface area contributed by atoms with Gasteiger partial charge in [-0.1, -0.05) is 31.2 Å². The van der Waals surface area contributed by atoms with Gasteiger partial charge in [0.2, 0.25) is 0 Å². The fraction of sp³-hybridized carbons (Fsp3) is 0.462. The molecule has 0 saturated heterocycles. The van der Waals surface area contributed by atoms with Gasteiger partial charge in [-0.2, -0.15) is 0 Å². The molecule has 0 atom stereocenters. The lowest BCUT2D eigenvalue weighted by Gasteiger charge is -2.17. The number of nitrogens with zero attached hydrogens (tertiary/aromatic N) is 1. The van der Waals surface area contributed by atoms with E-state index < -0.39 is 0 Å². The molecule has 1 heteroatoms. The van der Waals surface area contributed by atoms with E-state index in [-0.39, 0.29) is 0 Å². The minimum atomic E-state index is 0.976. The van der Waals surface area contributed by atoms with Crippen LogP contribution < -0.4 is 0 Å². The average Bonchev–Trinajstić information content (AvgIpc) is 2.26. The van der Waals surface area contributed by atoms with Crippen molar-refractivity contribution in [3.05, 3.63) is 35.4 Å². The van der Waals surface area contributed by atoms with Crippen molar-refractivity contribution in [2.24, 2.45) is 4.99 Å². The Labute approximate surface area is 85.9 Å². The van der Waals surface area contributed by atoms with Crippen LogP contribution >= 0.6 is 0 Å². The van der Waals surface area contributed by atoms with Gasteiger partial charge in [0.05, 0.1) is 0 Å². The van der Waals surface area contributed by atoms with E-state index in [1.807, 2.05) is 0 Å². The van der Waals surface area contributed by atoms with E-state index in [2.05, 4.69) is 36.2 Å². The SMILES string of the molecule is CCCN=C1CCCc2ccccc21. The minimum absolute atomic E-state index is 0.976. The monoisotopic (exact) mass is 187 g/mol. The summed E-state index contributed by atoms with van der Waals surface area (Å²) in [5, 5.41) is 0. The highest BCUT2D eigenvalue weighted by molar-refractivity contribution is 6.02. The Morgan fingerprint density at radius 2 is 2.07 bits per heavy atom. The van der Waals surface area contributed by atoms with Crippen LogP contribution in [0.2, 0.25) is 0 Å². The third kappa shape index (κ3) is 1.87. The van der Waals surface area contributed by atoms with Crippen LogP contribution in [0.15, 0.2) is 29.3 Å². The number of rotatable bonds is 2. The van der Waals surface area contributed by atoms with Gasteiger partial charge in [0.25, 0.3) is 0 Å². The van der Waals surface area contributed by atoms with E-state index in [1.54, 1.807) is 0 Å². The van der Waals surface area contributed by atoms with Gasteiger partial charge in [0.1, 0.15) is 0 Å². The fourth-order valence-electron chi connectivity index (χ4n) is 2.01. The minimum Gasteiger partial charge on any atom is -0.289 e. The van der Waals surface area contributed by atoms with Gasteiger partial charge in [-0.15, -0.1) is 0 Å². The highest BCUT2D eigenvalue weighted by Crippen LogP contribution is 2.21. The molecule has 2 rings (SSSR count). The van der Waals surface area contributed by atoms with Crippen molar-refractivity contribution in [1.82, 2.24) is 0 Å². The van der Waals surface area contributed by atoms with Crippen molar-refractivity contribution in [3.63, 3.8) is 0 Å². The molecular formula is C13H17N. The molecular weight excluding hydrogens is 170 g/mol. The number of aryl methyl sites for hydroxylation is 1. The van der Waals surface area contributed by atoms with E-state index in [1.165, 1.54) is 29.7 Å². The molecule has 0 aromatic heterocycles. The smallest absolute Gasteiger partial charge is 0.0423 e. The van der Waals surface area contributed by atoms with E-state index in [4.69, 9.17) is 0 Å². The number of aliphatic imine (C=N–C) groups is 1. The van der Waals surface area contributed by atoms with Gasteiger partial charge >= 0.3 is 0 Å². The molecule has 1 nitrogen and oxygen atoms in total. The van der Waals surface area contributed by atoms with Gasteiger partial charge in [0.15, 0.2) is 0 Å². The molecule has 0 fully saturated rings. The van der Waals surface area contributed by atoms with Crippen molar-refractivity contribution in [1.29, 1.82) is 0 Å². The molecule has 1 aliphatic carbocycles. The first-order valence-electron chi connectivity index (χ1n) is 5.53. The predicted octanol–water partition coefficient (Wildman–Crippen LogP) is 3.22. The van der Waals surface area contributed by atoms with Crippen LogP contribution in [0.5, 0.6) is 0 Å². The quantitative estimate of drug-likeness (QED) is 0.674. The summed E-state index contributed by atoms with van der Waals surface area (Å²) in [4.78, 5) is 4.66. The molecule has 0 unspecified atom stereocenters. The summed E-state index contributed by atoms with van der Waals surface area (Å²) in [6, 6.07) is 8.69. The van der Waals surface area contributed by atoms with Gasteiger partial charge in [-0.05, 0) is 36.8 Å². The second-order valence-electron chi connectivity index (χ2n) is 3.84. The van der Waals surface area contributed by atoms with Crippen molar-refractivity contribution >= 4 is 5.71 Å². The van der Waals surface area contributed by atoms with Crippen molar-refractivity contribution in [3.8, 4) is 0 Å². The topological polar surface area (TPSA) is 12.4 Å². The second-order valence-corrected chi connectivity index (χ2v) is 3.84. The maximum Gasteiger partial charge on any atom is 0.0423 e. The number of benzene rings is 1. The van der Waals surface area contributed by atoms with Crippen LogP contribution in [0.3, 0.4) is 0 Å². The lowest BCUT2D eigenvalue weighted by atomic mass is 9.90. The summed E-state index contributed by atoms with van der Waals surface area (Å²) in [6.07, 6.45) is 4.80. The second kappa shape index (κ2) is 4.41. The van der Waals surface area contributed by atoms with E-state index >= 15 is 0 Å². The summed E-state index contributed by atoms with van der Waals surface area (Å²) in [5.41, 5.74) is 4.20. The molecule has 1 aromatic rings. The summed E-state index contributed by atoms with van der Waals surface area (Å²) in [6.45, 7) is 3.16. The Balaban J connectivity index is 2.31. The fourth-order valence-corrected chi connectivity index (χ4v) is 2.01. The third-order valence-corrected chi connectivity index (χ3v) is 2.71. The molecule has 0 aliphatic heterocycles. The van der Waals surface area contributed by atoms with Crippen LogP contribution in [0, 0.1) is 0 Å². The normalized spacial score (nSPS) is 18.2. The van der Waals surface area contributed by atoms with Gasteiger partial charge in [0, 0.05) is 12.3 Å². The zero-order valence-electron chi connectivity index (χ0n) is 8.79. The maximum absolute atomic E-state index is 4.66. The largest absolute Gasteiger partial charge is 0.289 e. The molecule has 74 valence electrons. The highest BCUT2D eigenvalue weighted by atomic mass is 14.7. The van der Waals surface area contributed by atoms with E-state index in [0.717, 1.165) is 19.4 Å². The summed E-state index contributed by atoms with van der Waals surface area (Å²) >= 11 is 0. The van der Waals surface area contributed by atoms with E-state index in [9.17, 15) is 0 Å². The maximum atomic E-state index is 4.66.